The highest BCUT2D eigenvalue weighted by molar-refractivity contribution is 5.29. The van der Waals surface area contributed by atoms with Gasteiger partial charge in [-0.2, -0.15) is 5.10 Å². The maximum absolute atomic E-state index is 6.02. The Kier molecular flexibility index (Phi) is 4.27. The van der Waals surface area contributed by atoms with E-state index in [4.69, 9.17) is 4.74 Å². The number of aromatic nitrogens is 5. The van der Waals surface area contributed by atoms with Crippen LogP contribution >= 0.6 is 0 Å². The summed E-state index contributed by atoms with van der Waals surface area (Å²) in [6.07, 6.45) is 12.1. The van der Waals surface area contributed by atoms with Crippen molar-refractivity contribution in [2.24, 2.45) is 13.0 Å². The first-order valence-electron chi connectivity index (χ1n) is 8.39. The molecule has 1 aliphatic heterocycles. The SMILES string of the molecule is Cn1cc([C@@H]2OCCC[C@H]2CNCc2cn3cccnc3n2)cn1. The highest BCUT2D eigenvalue weighted by Gasteiger charge is 2.28. The fraction of sp³-hybridized carbons (Fsp3) is 0.471. The first-order chi connectivity index (χ1) is 11.8. The molecule has 1 fully saturated rings. The first kappa shape index (κ1) is 15.3. The van der Waals surface area contributed by atoms with Gasteiger partial charge in [0.1, 0.15) is 0 Å². The van der Waals surface area contributed by atoms with Gasteiger partial charge in [0.2, 0.25) is 5.78 Å². The lowest BCUT2D eigenvalue weighted by Gasteiger charge is -2.31. The molecule has 7 heteroatoms. The third kappa shape index (κ3) is 3.18. The highest BCUT2D eigenvalue weighted by atomic mass is 16.5. The molecule has 0 spiro atoms. The van der Waals surface area contributed by atoms with Gasteiger partial charge in [-0.15, -0.1) is 0 Å². The van der Waals surface area contributed by atoms with Crippen LogP contribution in [0.2, 0.25) is 0 Å². The van der Waals surface area contributed by atoms with E-state index in [2.05, 4.69) is 26.6 Å². The molecule has 1 N–H and O–H groups in total. The molecule has 4 rings (SSSR count). The van der Waals surface area contributed by atoms with Gasteiger partial charge in [0.25, 0.3) is 0 Å². The van der Waals surface area contributed by atoms with Crippen molar-refractivity contribution >= 4 is 5.78 Å². The zero-order valence-corrected chi connectivity index (χ0v) is 13.8. The Morgan fingerprint density at radius 3 is 3.17 bits per heavy atom. The summed E-state index contributed by atoms with van der Waals surface area (Å²) in [4.78, 5) is 8.77. The molecule has 24 heavy (non-hydrogen) atoms. The van der Waals surface area contributed by atoms with Crippen molar-refractivity contribution < 1.29 is 4.74 Å². The van der Waals surface area contributed by atoms with Gasteiger partial charge in [0.15, 0.2) is 0 Å². The predicted molar refractivity (Wildman–Crippen MR) is 89.3 cm³/mol. The summed E-state index contributed by atoms with van der Waals surface area (Å²) in [5.74, 6) is 1.20. The molecule has 1 aliphatic rings. The molecule has 0 aliphatic carbocycles. The van der Waals surface area contributed by atoms with Gasteiger partial charge in [-0.25, -0.2) is 9.97 Å². The summed E-state index contributed by atoms with van der Waals surface area (Å²) in [7, 11) is 1.94. The van der Waals surface area contributed by atoms with Crippen LogP contribution in [0.4, 0.5) is 0 Å². The minimum Gasteiger partial charge on any atom is -0.373 e. The number of hydrogen-bond donors (Lipinski definition) is 1. The molecule has 3 aromatic rings. The molecule has 0 radical (unpaired) electrons. The van der Waals surface area contributed by atoms with Gasteiger partial charge in [0, 0.05) is 63.0 Å². The largest absolute Gasteiger partial charge is 0.373 e. The number of hydrogen-bond acceptors (Lipinski definition) is 5. The monoisotopic (exact) mass is 326 g/mol. The lowest BCUT2D eigenvalue weighted by Crippen LogP contribution is -2.31. The van der Waals surface area contributed by atoms with Crippen molar-refractivity contribution in [3.8, 4) is 0 Å². The van der Waals surface area contributed by atoms with Gasteiger partial charge in [-0.05, 0) is 18.9 Å². The Hall–Kier alpha value is -2.25. The lowest BCUT2D eigenvalue weighted by molar-refractivity contribution is -0.0279. The van der Waals surface area contributed by atoms with Crippen molar-refractivity contribution in [2.45, 2.75) is 25.5 Å². The van der Waals surface area contributed by atoms with Gasteiger partial charge in [-0.3, -0.25) is 9.08 Å². The van der Waals surface area contributed by atoms with Crippen LogP contribution in [-0.2, 0) is 18.3 Å². The second kappa shape index (κ2) is 6.70. The molecule has 1 saturated heterocycles. The van der Waals surface area contributed by atoms with Gasteiger partial charge < -0.3 is 10.1 Å². The van der Waals surface area contributed by atoms with Gasteiger partial charge in [0.05, 0.1) is 18.0 Å². The highest BCUT2D eigenvalue weighted by Crippen LogP contribution is 2.32. The Balaban J connectivity index is 1.38. The van der Waals surface area contributed by atoms with Crippen molar-refractivity contribution in [1.29, 1.82) is 0 Å². The minimum absolute atomic E-state index is 0.127. The average molecular weight is 326 g/mol. The Labute approximate surface area is 140 Å². The van der Waals surface area contributed by atoms with Crippen LogP contribution in [-0.4, -0.2) is 37.3 Å². The van der Waals surface area contributed by atoms with E-state index < -0.39 is 0 Å². The van der Waals surface area contributed by atoms with Crippen molar-refractivity contribution in [3.63, 3.8) is 0 Å². The fourth-order valence-electron chi connectivity index (χ4n) is 3.36. The summed E-state index contributed by atoms with van der Waals surface area (Å²) in [5.41, 5.74) is 2.17. The van der Waals surface area contributed by atoms with Crippen LogP contribution in [0, 0.1) is 5.92 Å². The van der Waals surface area contributed by atoms with E-state index in [1.165, 1.54) is 12.0 Å². The number of aryl methyl sites for hydroxylation is 1. The second-order valence-corrected chi connectivity index (χ2v) is 6.33. The molecule has 7 nitrogen and oxygen atoms in total. The predicted octanol–water partition coefficient (Wildman–Crippen LogP) is 1.72. The van der Waals surface area contributed by atoms with E-state index >= 15 is 0 Å². The van der Waals surface area contributed by atoms with Crippen LogP contribution in [0.5, 0.6) is 0 Å². The molecule has 0 amide bonds. The fourth-order valence-corrected chi connectivity index (χ4v) is 3.36. The van der Waals surface area contributed by atoms with E-state index in [0.29, 0.717) is 5.92 Å². The molecule has 0 aromatic carbocycles. The van der Waals surface area contributed by atoms with Gasteiger partial charge in [-0.1, -0.05) is 0 Å². The van der Waals surface area contributed by atoms with E-state index in [1.807, 2.05) is 40.8 Å². The van der Waals surface area contributed by atoms with Crippen molar-refractivity contribution in [3.05, 3.63) is 48.3 Å². The standard InChI is InChI=1S/C17H22N6O/c1-22-11-14(9-20-22)16-13(4-2-7-24-16)8-18-10-15-12-23-6-3-5-19-17(23)21-15/h3,5-6,9,11-13,16,18H,2,4,7-8,10H2,1H3/t13-,16+/m0/s1. The van der Waals surface area contributed by atoms with Crippen molar-refractivity contribution in [1.82, 2.24) is 29.5 Å². The van der Waals surface area contributed by atoms with Crippen LogP contribution < -0.4 is 5.32 Å². The first-order valence-corrected chi connectivity index (χ1v) is 8.39. The second-order valence-electron chi connectivity index (χ2n) is 6.33. The van der Waals surface area contributed by atoms with Crippen LogP contribution in [0.1, 0.15) is 30.2 Å². The smallest absolute Gasteiger partial charge is 0.233 e. The number of imidazole rings is 1. The minimum atomic E-state index is 0.127. The normalized spacial score (nSPS) is 21.4. The third-order valence-electron chi connectivity index (χ3n) is 4.50. The maximum Gasteiger partial charge on any atom is 0.233 e. The Morgan fingerprint density at radius 2 is 2.33 bits per heavy atom. The number of ether oxygens (including phenoxy) is 1. The lowest BCUT2D eigenvalue weighted by atomic mass is 9.91. The summed E-state index contributed by atoms with van der Waals surface area (Å²) in [5, 5.41) is 7.80. The molecule has 0 bridgehead atoms. The third-order valence-corrected chi connectivity index (χ3v) is 4.50. The molecule has 3 aromatic heterocycles. The topological polar surface area (TPSA) is 69.3 Å². The van der Waals surface area contributed by atoms with E-state index in [1.54, 1.807) is 6.20 Å². The van der Waals surface area contributed by atoms with E-state index in [9.17, 15) is 0 Å². The summed E-state index contributed by atoms with van der Waals surface area (Å²) in [6, 6.07) is 1.91. The van der Waals surface area contributed by atoms with Crippen LogP contribution in [0.15, 0.2) is 37.1 Å². The zero-order valence-electron chi connectivity index (χ0n) is 13.8. The van der Waals surface area contributed by atoms with E-state index in [-0.39, 0.29) is 6.10 Å². The molecular formula is C17H22N6O. The van der Waals surface area contributed by atoms with Gasteiger partial charge >= 0.3 is 0 Å². The maximum atomic E-state index is 6.02. The summed E-state index contributed by atoms with van der Waals surface area (Å²) in [6.45, 7) is 2.47. The molecular weight excluding hydrogens is 304 g/mol. The molecule has 0 unspecified atom stereocenters. The number of fused-ring (bicyclic) bond motifs is 1. The molecule has 4 heterocycles. The molecule has 2 atom stereocenters. The summed E-state index contributed by atoms with van der Waals surface area (Å²) >= 11 is 0. The molecule has 0 saturated carbocycles. The van der Waals surface area contributed by atoms with Crippen molar-refractivity contribution in [2.75, 3.05) is 13.2 Å². The van der Waals surface area contributed by atoms with E-state index in [0.717, 1.165) is 37.6 Å². The van der Waals surface area contributed by atoms with Crippen LogP contribution in [0.3, 0.4) is 0 Å². The Bertz CT molecular complexity index is 777. The number of nitrogens with zero attached hydrogens (tertiary/aromatic N) is 5. The number of nitrogens with one attached hydrogen (secondary N) is 1. The average Bonchev–Trinajstić information content (AvgIpc) is 3.21. The Morgan fingerprint density at radius 1 is 1.38 bits per heavy atom. The molecule has 126 valence electrons. The quantitative estimate of drug-likeness (QED) is 0.773. The van der Waals surface area contributed by atoms with Crippen LogP contribution in [0.25, 0.3) is 5.78 Å². The summed E-state index contributed by atoms with van der Waals surface area (Å²) < 4.78 is 9.80. The number of rotatable bonds is 5. The zero-order chi connectivity index (χ0) is 16.4.